The van der Waals surface area contributed by atoms with Gasteiger partial charge >= 0.3 is 0 Å². The van der Waals surface area contributed by atoms with E-state index in [4.69, 9.17) is 4.11 Å². The normalized spacial score (nSPS) is 19.7. The van der Waals surface area contributed by atoms with Crippen molar-refractivity contribution >= 4 is 57.2 Å². The van der Waals surface area contributed by atoms with E-state index in [1.165, 1.54) is 49.9 Å². The van der Waals surface area contributed by atoms with Crippen LogP contribution in [0.5, 0.6) is 0 Å². The molecular formula is C58H65BN2. The number of rotatable bonds is 3. The molecule has 0 unspecified atom stereocenters. The van der Waals surface area contributed by atoms with Crippen molar-refractivity contribution in [3.8, 4) is 11.1 Å². The zero-order chi connectivity index (χ0) is 45.7. The van der Waals surface area contributed by atoms with Crippen LogP contribution in [0.1, 0.15) is 145 Å². The van der Waals surface area contributed by atoms with Crippen molar-refractivity contribution in [1.29, 1.82) is 0 Å². The predicted octanol–water partition coefficient (Wildman–Crippen LogP) is 14.0. The van der Waals surface area contributed by atoms with Crippen LogP contribution in [0.2, 0.25) is 0 Å². The molecule has 0 amide bonds. The van der Waals surface area contributed by atoms with Crippen LogP contribution in [-0.2, 0) is 27.1 Å². The van der Waals surface area contributed by atoms with E-state index in [1.54, 1.807) is 0 Å². The van der Waals surface area contributed by atoms with E-state index in [1.807, 2.05) is 12.1 Å². The second-order valence-electron chi connectivity index (χ2n) is 22.6. The highest BCUT2D eigenvalue weighted by atomic mass is 15.2. The SMILES string of the molecule is [2H]C([2H])([2H])c1cc2c3c(c1)N(c1cc(C(C)(C)C)ccc1C)c1ccc(-c4ccccc4)cc1B3c1cc3c(cc1N2c1ccc2c(c1)C(C)(C)CCC2(C)C)C(C)(C)CCC3(C)C. The van der Waals surface area contributed by atoms with E-state index in [0.717, 1.165) is 70.8 Å². The molecule has 4 aliphatic rings. The summed E-state index contributed by atoms with van der Waals surface area (Å²) < 4.78 is 27.2. The van der Waals surface area contributed by atoms with Gasteiger partial charge < -0.3 is 9.80 Å². The molecule has 0 saturated heterocycles. The van der Waals surface area contributed by atoms with Crippen LogP contribution in [0.25, 0.3) is 11.1 Å². The molecule has 0 N–H and O–H groups in total. The molecule has 3 heteroatoms. The summed E-state index contributed by atoms with van der Waals surface area (Å²) in [7, 11) is 0. The summed E-state index contributed by atoms with van der Waals surface area (Å²) in [5, 5.41) is 0. The van der Waals surface area contributed by atoms with Crippen molar-refractivity contribution in [2.24, 2.45) is 0 Å². The molecule has 6 aromatic rings. The molecule has 0 radical (unpaired) electrons. The maximum Gasteiger partial charge on any atom is 0.252 e. The summed E-state index contributed by atoms with van der Waals surface area (Å²) in [6, 6.07) is 40.9. The predicted molar refractivity (Wildman–Crippen MR) is 265 cm³/mol. The smallest absolute Gasteiger partial charge is 0.252 e. The average Bonchev–Trinajstić information content (AvgIpc) is 3.23. The summed E-state index contributed by atoms with van der Waals surface area (Å²) >= 11 is 0. The van der Waals surface area contributed by atoms with Crippen LogP contribution in [0.15, 0.2) is 109 Å². The quantitative estimate of drug-likeness (QED) is 0.164. The third-order valence-corrected chi connectivity index (χ3v) is 15.6. The standard InChI is InChI=1S/C58H65BN2/c1-36-29-51-53-52(30-36)61(49-32-40(54(3,4)5)21-19-37(49)2)48-24-20-39(38-17-15-14-16-18-38)31-46(48)59(53)47-34-44-45(58(12,13)28-27-57(44,10)11)35-50(47)60(51)41-22-23-42-43(33-41)56(8,9)26-25-55(42,6)7/h14-24,29-35H,25-28H2,1-13H3/i1D3. The fourth-order valence-electron chi connectivity index (χ4n) is 11.4. The van der Waals surface area contributed by atoms with Crippen LogP contribution in [0.4, 0.5) is 34.1 Å². The average molecular weight is 804 g/mol. The highest BCUT2D eigenvalue weighted by molar-refractivity contribution is 7.00. The minimum atomic E-state index is -2.35. The van der Waals surface area contributed by atoms with E-state index >= 15 is 0 Å². The molecule has 2 nitrogen and oxygen atoms in total. The number of nitrogens with zero attached hydrogens (tertiary/aromatic N) is 2. The van der Waals surface area contributed by atoms with E-state index in [0.29, 0.717) is 5.56 Å². The molecule has 0 spiro atoms. The molecular weight excluding hydrogens is 735 g/mol. The van der Waals surface area contributed by atoms with Crippen molar-refractivity contribution in [3.05, 3.63) is 148 Å². The molecule has 0 fully saturated rings. The Labute approximate surface area is 371 Å². The molecule has 6 aromatic carbocycles. The molecule has 10 rings (SSSR count). The Morgan fingerprint density at radius 2 is 1.10 bits per heavy atom. The van der Waals surface area contributed by atoms with Crippen LogP contribution in [0.3, 0.4) is 0 Å². The van der Waals surface area contributed by atoms with Crippen LogP contribution >= 0.6 is 0 Å². The molecule has 310 valence electrons. The first kappa shape index (κ1) is 36.6. The van der Waals surface area contributed by atoms with Crippen molar-refractivity contribution in [1.82, 2.24) is 0 Å². The lowest BCUT2D eigenvalue weighted by Crippen LogP contribution is -2.62. The van der Waals surface area contributed by atoms with Crippen molar-refractivity contribution in [3.63, 3.8) is 0 Å². The topological polar surface area (TPSA) is 6.48 Å². The lowest BCUT2D eigenvalue weighted by atomic mass is 9.33. The Morgan fingerprint density at radius 1 is 0.508 bits per heavy atom. The van der Waals surface area contributed by atoms with Gasteiger partial charge in [0, 0.05) is 38.2 Å². The van der Waals surface area contributed by atoms with Crippen molar-refractivity contribution in [2.45, 2.75) is 143 Å². The van der Waals surface area contributed by atoms with Gasteiger partial charge in [-0.15, -0.1) is 0 Å². The lowest BCUT2D eigenvalue weighted by Gasteiger charge is -2.48. The highest BCUT2D eigenvalue weighted by Gasteiger charge is 2.47. The monoisotopic (exact) mass is 804 g/mol. The van der Waals surface area contributed by atoms with Crippen LogP contribution in [0, 0.1) is 13.8 Å². The number of benzene rings is 6. The zero-order valence-corrected chi connectivity index (χ0v) is 38.7. The molecule has 0 atom stereocenters. The molecule has 2 aliphatic heterocycles. The lowest BCUT2D eigenvalue weighted by molar-refractivity contribution is 0.332. The Hall–Kier alpha value is -5.02. The van der Waals surface area contributed by atoms with Crippen molar-refractivity contribution in [2.75, 3.05) is 9.80 Å². The second-order valence-corrected chi connectivity index (χ2v) is 22.6. The van der Waals surface area contributed by atoms with Crippen molar-refractivity contribution < 1.29 is 4.11 Å². The van der Waals surface area contributed by atoms with Gasteiger partial charge in [0.1, 0.15) is 0 Å². The van der Waals surface area contributed by atoms with Gasteiger partial charge in [0.15, 0.2) is 0 Å². The molecule has 0 saturated carbocycles. The zero-order valence-electron chi connectivity index (χ0n) is 41.7. The fourth-order valence-corrected chi connectivity index (χ4v) is 11.4. The highest BCUT2D eigenvalue weighted by Crippen LogP contribution is 2.53. The van der Waals surface area contributed by atoms with Gasteiger partial charge in [-0.1, -0.05) is 143 Å². The number of hydrogen-bond acceptors (Lipinski definition) is 2. The third kappa shape index (κ3) is 6.18. The first-order valence-corrected chi connectivity index (χ1v) is 22.8. The largest absolute Gasteiger partial charge is 0.311 e. The second kappa shape index (κ2) is 13.2. The minimum Gasteiger partial charge on any atom is -0.311 e. The van der Waals surface area contributed by atoms with Gasteiger partial charge in [0.05, 0.1) is 0 Å². The Kier molecular flexibility index (Phi) is 7.95. The van der Waals surface area contributed by atoms with E-state index in [2.05, 4.69) is 190 Å². The Morgan fingerprint density at radius 3 is 1.74 bits per heavy atom. The number of hydrogen-bond donors (Lipinski definition) is 0. The van der Waals surface area contributed by atoms with Gasteiger partial charge in [-0.3, -0.25) is 0 Å². The molecule has 0 aromatic heterocycles. The van der Waals surface area contributed by atoms with Gasteiger partial charge in [-0.2, -0.15) is 0 Å². The minimum absolute atomic E-state index is 0.0109. The third-order valence-electron chi connectivity index (χ3n) is 15.6. The van der Waals surface area contributed by atoms with Gasteiger partial charge in [-0.25, -0.2) is 0 Å². The fraction of sp³-hybridized carbons (Fsp3) is 0.379. The Balaban J connectivity index is 1.37. The van der Waals surface area contributed by atoms with E-state index in [9.17, 15) is 0 Å². The summed E-state index contributed by atoms with van der Waals surface area (Å²) in [4.78, 5) is 4.88. The maximum atomic E-state index is 9.08. The van der Waals surface area contributed by atoms with Gasteiger partial charge in [0.2, 0.25) is 0 Å². The summed E-state index contributed by atoms with van der Waals surface area (Å²) in [6.07, 6.45) is 4.47. The summed E-state index contributed by atoms with van der Waals surface area (Å²) in [5.41, 5.74) is 20.6. The first-order valence-electron chi connectivity index (χ1n) is 24.3. The number of fused-ring (bicyclic) bond motifs is 6. The van der Waals surface area contributed by atoms with Crippen LogP contribution in [-0.4, -0.2) is 6.71 Å². The van der Waals surface area contributed by atoms with Gasteiger partial charge in [0.25, 0.3) is 6.71 Å². The summed E-state index contributed by atoms with van der Waals surface area (Å²) in [6.45, 7) is 25.8. The number of aryl methyl sites for hydroxylation is 2. The van der Waals surface area contributed by atoms with E-state index in [-0.39, 0.29) is 33.8 Å². The maximum absolute atomic E-state index is 9.08. The molecule has 61 heavy (non-hydrogen) atoms. The van der Waals surface area contributed by atoms with Crippen LogP contribution < -0.4 is 26.2 Å². The molecule has 2 heterocycles. The number of anilines is 6. The first-order chi connectivity index (χ1) is 29.9. The van der Waals surface area contributed by atoms with E-state index < -0.39 is 6.85 Å². The van der Waals surface area contributed by atoms with Gasteiger partial charge in [-0.05, 0) is 175 Å². The summed E-state index contributed by atoms with van der Waals surface area (Å²) in [5.74, 6) is 0. The molecule has 0 bridgehead atoms. The Bertz CT molecular complexity index is 2890. The molecule has 2 aliphatic carbocycles.